The highest BCUT2D eigenvalue weighted by Gasteiger charge is 2.20. The number of aryl methyl sites for hydroxylation is 1. The summed E-state index contributed by atoms with van der Waals surface area (Å²) in [7, 11) is 0. The first kappa shape index (κ1) is 23.5. The summed E-state index contributed by atoms with van der Waals surface area (Å²) in [5, 5.41) is 4.32. The summed E-state index contributed by atoms with van der Waals surface area (Å²) in [6, 6.07) is 21.7. The average molecular weight is 477 g/mol. The van der Waals surface area contributed by atoms with Crippen molar-refractivity contribution in [2.75, 3.05) is 18.4 Å². The van der Waals surface area contributed by atoms with Crippen LogP contribution in [0, 0.1) is 18.8 Å². The summed E-state index contributed by atoms with van der Waals surface area (Å²) in [5.74, 6) is 8.83. The van der Waals surface area contributed by atoms with Crippen molar-refractivity contribution >= 4 is 28.7 Å². The maximum Gasteiger partial charge on any atom is 0.141 e. The Balaban J connectivity index is 1.34. The summed E-state index contributed by atoms with van der Waals surface area (Å²) in [4.78, 5) is 22.4. The van der Waals surface area contributed by atoms with Crippen molar-refractivity contribution in [1.29, 1.82) is 0 Å². The molecule has 0 amide bonds. The maximum atomic E-state index is 11.3. The van der Waals surface area contributed by atoms with Crippen LogP contribution in [0.15, 0.2) is 73.1 Å². The molecule has 0 spiro atoms. The largest absolute Gasteiger partial charge is 0.457 e. The molecular formula is C30H28N4O2. The Morgan fingerprint density at radius 3 is 2.81 bits per heavy atom. The third kappa shape index (κ3) is 5.54. The summed E-state index contributed by atoms with van der Waals surface area (Å²) in [6.07, 6.45) is 5.76. The molecule has 1 aromatic heterocycles. The molecule has 1 saturated heterocycles. The summed E-state index contributed by atoms with van der Waals surface area (Å²) >= 11 is 0. The number of nitrogens with zero attached hydrogens (tertiary/aromatic N) is 3. The van der Waals surface area contributed by atoms with E-state index in [2.05, 4.69) is 32.0 Å². The second-order valence-electron chi connectivity index (χ2n) is 8.95. The Hall–Kier alpha value is -4.21. The predicted octanol–water partition coefficient (Wildman–Crippen LogP) is 5.88. The third-order valence-electron chi connectivity index (χ3n) is 6.38. The minimum atomic E-state index is -0.0122. The molecule has 1 atom stereocenters. The van der Waals surface area contributed by atoms with E-state index in [0.717, 1.165) is 77.1 Å². The number of hydrogen-bond acceptors (Lipinski definition) is 6. The summed E-state index contributed by atoms with van der Waals surface area (Å²) in [5.41, 5.74) is 3.66. The second-order valence-corrected chi connectivity index (χ2v) is 8.95. The lowest BCUT2D eigenvalue weighted by Crippen LogP contribution is -2.40. The van der Waals surface area contributed by atoms with Gasteiger partial charge >= 0.3 is 0 Å². The summed E-state index contributed by atoms with van der Waals surface area (Å²) in [6.45, 7) is 3.54. The van der Waals surface area contributed by atoms with Crippen LogP contribution in [-0.2, 0) is 4.79 Å². The number of benzene rings is 3. The van der Waals surface area contributed by atoms with Crippen LogP contribution in [0.5, 0.6) is 11.5 Å². The van der Waals surface area contributed by atoms with E-state index in [1.54, 1.807) is 6.33 Å². The fourth-order valence-electron chi connectivity index (χ4n) is 4.44. The fraction of sp³-hybridized carbons (Fsp3) is 0.233. The fourth-order valence-corrected chi connectivity index (χ4v) is 4.44. The highest BCUT2D eigenvalue weighted by molar-refractivity contribution is 5.91. The topological polar surface area (TPSA) is 67.4 Å². The lowest BCUT2D eigenvalue weighted by atomic mass is 10.0. The van der Waals surface area contributed by atoms with E-state index < -0.39 is 0 Å². The van der Waals surface area contributed by atoms with E-state index in [1.807, 2.05) is 73.7 Å². The van der Waals surface area contributed by atoms with Crippen molar-refractivity contribution in [3.63, 3.8) is 0 Å². The van der Waals surface area contributed by atoms with Crippen LogP contribution in [0.25, 0.3) is 10.9 Å². The van der Waals surface area contributed by atoms with E-state index >= 15 is 0 Å². The van der Waals surface area contributed by atoms with Crippen LogP contribution >= 0.6 is 0 Å². The van der Waals surface area contributed by atoms with E-state index in [9.17, 15) is 4.79 Å². The van der Waals surface area contributed by atoms with Gasteiger partial charge in [0, 0.05) is 16.6 Å². The first-order chi connectivity index (χ1) is 17.7. The van der Waals surface area contributed by atoms with Gasteiger partial charge in [-0.25, -0.2) is 9.97 Å². The number of rotatable bonds is 6. The van der Waals surface area contributed by atoms with Crippen molar-refractivity contribution in [3.8, 4) is 23.3 Å². The highest BCUT2D eigenvalue weighted by atomic mass is 16.5. The first-order valence-electron chi connectivity index (χ1n) is 12.2. The number of nitrogens with one attached hydrogen (secondary N) is 1. The van der Waals surface area contributed by atoms with E-state index in [4.69, 9.17) is 4.74 Å². The van der Waals surface area contributed by atoms with E-state index in [-0.39, 0.29) is 6.04 Å². The molecule has 1 fully saturated rings. The zero-order valence-electron chi connectivity index (χ0n) is 20.3. The Kier molecular flexibility index (Phi) is 7.20. The molecule has 1 unspecified atom stereocenters. The van der Waals surface area contributed by atoms with E-state index in [0.29, 0.717) is 6.54 Å². The van der Waals surface area contributed by atoms with Crippen molar-refractivity contribution in [2.45, 2.75) is 32.2 Å². The molecule has 0 bridgehead atoms. The zero-order valence-corrected chi connectivity index (χ0v) is 20.3. The average Bonchev–Trinajstić information content (AvgIpc) is 2.91. The molecule has 6 heteroatoms. The van der Waals surface area contributed by atoms with Gasteiger partial charge in [-0.2, -0.15) is 0 Å². The van der Waals surface area contributed by atoms with Crippen LogP contribution in [0.2, 0.25) is 0 Å². The standard InChI is InChI=1S/C30H28N4O2/c1-22-18-24(13-15-29(22)36-26-10-3-2-4-11-26)33-30-27-19-23(12-14-28(27)31-21-32-30)8-7-17-34-16-6-5-9-25(34)20-35/h2-4,10-15,18-21,25H,5-6,9,16-17H2,1H3,(H,31,32,33). The normalized spacial score (nSPS) is 15.6. The number of aromatic nitrogens is 2. The van der Waals surface area contributed by atoms with Gasteiger partial charge in [0.2, 0.25) is 0 Å². The molecule has 1 N–H and O–H groups in total. The van der Waals surface area contributed by atoms with Gasteiger partial charge in [-0.15, -0.1) is 0 Å². The number of fused-ring (bicyclic) bond motifs is 1. The van der Waals surface area contributed by atoms with Gasteiger partial charge in [0.15, 0.2) is 0 Å². The molecule has 36 heavy (non-hydrogen) atoms. The van der Waals surface area contributed by atoms with Crippen LogP contribution in [0.4, 0.5) is 11.5 Å². The third-order valence-corrected chi connectivity index (χ3v) is 6.38. The van der Waals surface area contributed by atoms with Gasteiger partial charge in [-0.3, -0.25) is 4.90 Å². The molecule has 1 aliphatic rings. The van der Waals surface area contributed by atoms with Crippen molar-refractivity contribution < 1.29 is 9.53 Å². The Morgan fingerprint density at radius 1 is 1.08 bits per heavy atom. The number of ether oxygens (including phenoxy) is 1. The Labute approximate surface area is 211 Å². The van der Waals surface area contributed by atoms with Crippen molar-refractivity contribution in [3.05, 3.63) is 84.2 Å². The van der Waals surface area contributed by atoms with Crippen LogP contribution in [0.3, 0.4) is 0 Å². The number of carbonyl (C=O) groups excluding carboxylic acids is 1. The number of aldehydes is 1. The Morgan fingerprint density at radius 2 is 1.97 bits per heavy atom. The maximum absolute atomic E-state index is 11.3. The molecular weight excluding hydrogens is 448 g/mol. The SMILES string of the molecule is Cc1cc(Nc2ncnc3ccc(C#CCN4CCCCC4C=O)cc23)ccc1Oc1ccccc1. The van der Waals surface area contributed by atoms with Crippen molar-refractivity contribution in [2.24, 2.45) is 0 Å². The lowest BCUT2D eigenvalue weighted by molar-refractivity contribution is -0.113. The Bertz CT molecular complexity index is 1430. The van der Waals surface area contributed by atoms with Crippen molar-refractivity contribution in [1.82, 2.24) is 14.9 Å². The number of piperidine rings is 1. The summed E-state index contributed by atoms with van der Waals surface area (Å²) < 4.78 is 6.00. The van der Waals surface area contributed by atoms with E-state index in [1.165, 1.54) is 0 Å². The van der Waals surface area contributed by atoms with Crippen LogP contribution in [-0.4, -0.2) is 40.3 Å². The van der Waals surface area contributed by atoms with Gasteiger partial charge in [0.25, 0.3) is 0 Å². The quantitative estimate of drug-likeness (QED) is 0.277. The smallest absolute Gasteiger partial charge is 0.141 e. The number of carbonyl (C=O) groups is 1. The van der Waals surface area contributed by atoms with Crippen LogP contribution in [0.1, 0.15) is 30.4 Å². The molecule has 4 aromatic rings. The molecule has 5 rings (SSSR count). The highest BCUT2D eigenvalue weighted by Crippen LogP contribution is 2.30. The lowest BCUT2D eigenvalue weighted by Gasteiger charge is -2.30. The first-order valence-corrected chi connectivity index (χ1v) is 12.2. The second kappa shape index (κ2) is 11.0. The number of para-hydroxylation sites is 1. The number of hydrogen-bond donors (Lipinski definition) is 1. The van der Waals surface area contributed by atoms with Gasteiger partial charge in [0.05, 0.1) is 18.1 Å². The monoisotopic (exact) mass is 476 g/mol. The number of anilines is 2. The predicted molar refractivity (Wildman–Crippen MR) is 143 cm³/mol. The van der Waals surface area contributed by atoms with Gasteiger partial charge in [-0.05, 0) is 80.4 Å². The zero-order chi connectivity index (χ0) is 24.7. The minimum Gasteiger partial charge on any atom is -0.457 e. The molecule has 180 valence electrons. The molecule has 0 saturated carbocycles. The number of likely N-dealkylation sites (tertiary alicyclic amines) is 1. The molecule has 2 heterocycles. The van der Waals surface area contributed by atoms with Gasteiger partial charge in [-0.1, -0.05) is 36.5 Å². The van der Waals surface area contributed by atoms with Gasteiger partial charge in [0.1, 0.15) is 29.9 Å². The molecule has 3 aromatic carbocycles. The molecule has 6 nitrogen and oxygen atoms in total. The minimum absolute atomic E-state index is 0.0122. The molecule has 0 radical (unpaired) electrons. The molecule has 1 aliphatic heterocycles. The van der Waals surface area contributed by atoms with Crippen LogP contribution < -0.4 is 10.1 Å². The van der Waals surface area contributed by atoms with Gasteiger partial charge < -0.3 is 14.8 Å². The molecule has 0 aliphatic carbocycles.